The zero-order valence-electron chi connectivity index (χ0n) is 14.6. The molecule has 0 saturated carbocycles. The van der Waals surface area contributed by atoms with Gasteiger partial charge in [-0.1, -0.05) is 12.1 Å². The molecular formula is C18H27FIN3O2. The van der Waals surface area contributed by atoms with Gasteiger partial charge in [0.25, 0.3) is 0 Å². The SMILES string of the molecule is CCNC(=NCC(O)c1ccc(F)cc1)N1CCC2(CCOC2)C1.I. The van der Waals surface area contributed by atoms with Gasteiger partial charge in [0.15, 0.2) is 5.96 Å². The van der Waals surface area contributed by atoms with E-state index in [1.54, 1.807) is 12.1 Å². The summed E-state index contributed by atoms with van der Waals surface area (Å²) in [6.45, 7) is 6.68. The maximum absolute atomic E-state index is 13.0. The summed E-state index contributed by atoms with van der Waals surface area (Å²) in [5, 5.41) is 13.6. The van der Waals surface area contributed by atoms with E-state index >= 15 is 0 Å². The Morgan fingerprint density at radius 3 is 2.80 bits per heavy atom. The average Bonchev–Trinajstić information content (AvgIpc) is 3.22. The molecule has 5 nitrogen and oxygen atoms in total. The van der Waals surface area contributed by atoms with Gasteiger partial charge in [0.05, 0.1) is 19.3 Å². The smallest absolute Gasteiger partial charge is 0.194 e. The van der Waals surface area contributed by atoms with Gasteiger partial charge in [0, 0.05) is 31.7 Å². The Balaban J connectivity index is 0.00000225. The number of benzene rings is 1. The number of likely N-dealkylation sites (tertiary alicyclic amines) is 1. The van der Waals surface area contributed by atoms with E-state index in [2.05, 4.69) is 15.2 Å². The van der Waals surface area contributed by atoms with E-state index in [1.807, 2.05) is 6.92 Å². The Kier molecular flexibility index (Phi) is 7.45. The fourth-order valence-electron chi connectivity index (χ4n) is 3.48. The highest BCUT2D eigenvalue weighted by Gasteiger charge is 2.42. The quantitative estimate of drug-likeness (QED) is 0.410. The van der Waals surface area contributed by atoms with Crippen LogP contribution >= 0.6 is 24.0 Å². The van der Waals surface area contributed by atoms with E-state index in [-0.39, 0.29) is 41.8 Å². The Labute approximate surface area is 165 Å². The molecule has 2 aliphatic rings. The van der Waals surface area contributed by atoms with Crippen molar-refractivity contribution >= 4 is 29.9 Å². The van der Waals surface area contributed by atoms with E-state index in [9.17, 15) is 9.50 Å². The zero-order chi connectivity index (χ0) is 17.0. The van der Waals surface area contributed by atoms with Gasteiger partial charge in [-0.3, -0.25) is 4.99 Å². The minimum atomic E-state index is -0.731. The molecule has 2 aliphatic heterocycles. The average molecular weight is 463 g/mol. The number of guanidine groups is 1. The van der Waals surface area contributed by atoms with Crippen LogP contribution in [0, 0.1) is 11.2 Å². The number of hydrogen-bond donors (Lipinski definition) is 2. The van der Waals surface area contributed by atoms with Crippen LogP contribution in [-0.4, -0.2) is 55.4 Å². The second-order valence-corrected chi connectivity index (χ2v) is 6.74. The number of ether oxygens (including phenoxy) is 1. The summed E-state index contributed by atoms with van der Waals surface area (Å²) in [4.78, 5) is 6.86. The molecule has 0 aliphatic carbocycles. The first kappa shape index (κ1) is 20.4. The maximum Gasteiger partial charge on any atom is 0.194 e. The number of hydrogen-bond acceptors (Lipinski definition) is 3. The molecule has 2 atom stereocenters. The summed E-state index contributed by atoms with van der Waals surface area (Å²) in [6.07, 6.45) is 1.50. The van der Waals surface area contributed by atoms with E-state index in [4.69, 9.17) is 4.74 Å². The normalized spacial score (nSPS) is 24.4. The lowest BCUT2D eigenvalue weighted by Crippen LogP contribution is -2.41. The third kappa shape index (κ3) is 5.04. The topological polar surface area (TPSA) is 57.1 Å². The van der Waals surface area contributed by atoms with Crippen molar-refractivity contribution in [1.29, 1.82) is 0 Å². The second kappa shape index (κ2) is 9.14. The summed E-state index contributed by atoms with van der Waals surface area (Å²) >= 11 is 0. The molecule has 140 valence electrons. The van der Waals surface area contributed by atoms with Gasteiger partial charge in [-0.05, 0) is 37.5 Å². The Morgan fingerprint density at radius 1 is 1.40 bits per heavy atom. The Morgan fingerprint density at radius 2 is 2.16 bits per heavy atom. The molecule has 3 rings (SSSR count). The third-order valence-electron chi connectivity index (χ3n) is 4.93. The minimum absolute atomic E-state index is 0. The van der Waals surface area contributed by atoms with Crippen molar-refractivity contribution in [2.24, 2.45) is 10.4 Å². The van der Waals surface area contributed by atoms with E-state index < -0.39 is 6.10 Å². The number of nitrogens with zero attached hydrogens (tertiary/aromatic N) is 2. The second-order valence-electron chi connectivity index (χ2n) is 6.74. The maximum atomic E-state index is 13.0. The molecule has 25 heavy (non-hydrogen) atoms. The van der Waals surface area contributed by atoms with Gasteiger partial charge in [-0.2, -0.15) is 0 Å². The summed E-state index contributed by atoms with van der Waals surface area (Å²) in [5.74, 6) is 0.534. The number of rotatable bonds is 4. The van der Waals surface area contributed by atoms with Gasteiger partial charge < -0.3 is 20.1 Å². The first-order chi connectivity index (χ1) is 11.6. The van der Waals surface area contributed by atoms with Crippen molar-refractivity contribution in [2.45, 2.75) is 25.9 Å². The highest BCUT2D eigenvalue weighted by Crippen LogP contribution is 2.38. The van der Waals surface area contributed by atoms with Crippen LogP contribution in [0.25, 0.3) is 0 Å². The van der Waals surface area contributed by atoms with E-state index in [0.29, 0.717) is 5.56 Å². The summed E-state index contributed by atoms with van der Waals surface area (Å²) in [5.41, 5.74) is 0.948. The first-order valence-corrected chi connectivity index (χ1v) is 8.66. The van der Waals surface area contributed by atoms with Crippen LogP contribution in [0.3, 0.4) is 0 Å². The van der Waals surface area contributed by atoms with Crippen LogP contribution in [0.5, 0.6) is 0 Å². The highest BCUT2D eigenvalue weighted by atomic mass is 127. The molecule has 0 amide bonds. The van der Waals surface area contributed by atoms with Crippen molar-refractivity contribution < 1.29 is 14.2 Å². The molecular weight excluding hydrogens is 436 g/mol. The van der Waals surface area contributed by atoms with Crippen molar-refractivity contribution in [3.05, 3.63) is 35.6 Å². The molecule has 1 aromatic carbocycles. The predicted octanol–water partition coefficient (Wildman–Crippen LogP) is 2.56. The summed E-state index contributed by atoms with van der Waals surface area (Å²) in [7, 11) is 0. The fourth-order valence-corrected chi connectivity index (χ4v) is 3.48. The van der Waals surface area contributed by atoms with Crippen LogP contribution in [0.4, 0.5) is 4.39 Å². The third-order valence-corrected chi connectivity index (χ3v) is 4.93. The predicted molar refractivity (Wildman–Crippen MR) is 107 cm³/mol. The fraction of sp³-hybridized carbons (Fsp3) is 0.611. The van der Waals surface area contributed by atoms with Crippen LogP contribution in [0.1, 0.15) is 31.4 Å². The number of nitrogens with one attached hydrogen (secondary N) is 1. The molecule has 2 unspecified atom stereocenters. The monoisotopic (exact) mass is 463 g/mol. The molecule has 0 bridgehead atoms. The number of aliphatic hydroxyl groups is 1. The van der Waals surface area contributed by atoms with E-state index in [1.165, 1.54) is 12.1 Å². The standard InChI is InChI=1S/C18H26FN3O2.HI/c1-2-20-17(22-9-7-18(12-22)8-10-24-13-18)21-11-16(23)14-3-5-15(19)6-4-14;/h3-6,16,23H,2,7-13H2,1H3,(H,20,21);1H. The highest BCUT2D eigenvalue weighted by molar-refractivity contribution is 14.0. The van der Waals surface area contributed by atoms with Gasteiger partial charge in [0.1, 0.15) is 5.82 Å². The summed E-state index contributed by atoms with van der Waals surface area (Å²) < 4.78 is 18.6. The van der Waals surface area contributed by atoms with Crippen molar-refractivity contribution in [2.75, 3.05) is 39.4 Å². The molecule has 2 fully saturated rings. The molecule has 0 aromatic heterocycles. The van der Waals surface area contributed by atoms with Crippen LogP contribution in [0.15, 0.2) is 29.3 Å². The summed E-state index contributed by atoms with van der Waals surface area (Å²) in [6, 6.07) is 5.92. The number of aliphatic imine (C=N–C) groups is 1. The van der Waals surface area contributed by atoms with Gasteiger partial charge >= 0.3 is 0 Å². The number of halogens is 2. The van der Waals surface area contributed by atoms with Crippen molar-refractivity contribution in [3.8, 4) is 0 Å². The van der Waals surface area contributed by atoms with Gasteiger partial charge in [-0.25, -0.2) is 4.39 Å². The van der Waals surface area contributed by atoms with Crippen LogP contribution in [-0.2, 0) is 4.74 Å². The molecule has 7 heteroatoms. The first-order valence-electron chi connectivity index (χ1n) is 8.66. The molecule has 1 spiro atoms. The lowest BCUT2D eigenvalue weighted by molar-refractivity contribution is 0.156. The van der Waals surface area contributed by atoms with Crippen molar-refractivity contribution in [3.63, 3.8) is 0 Å². The van der Waals surface area contributed by atoms with Gasteiger partial charge in [-0.15, -0.1) is 24.0 Å². The molecule has 2 N–H and O–H groups in total. The molecule has 0 radical (unpaired) electrons. The lowest BCUT2D eigenvalue weighted by atomic mass is 9.87. The van der Waals surface area contributed by atoms with Gasteiger partial charge in [0.2, 0.25) is 0 Å². The molecule has 1 aromatic rings. The minimum Gasteiger partial charge on any atom is -0.386 e. The lowest BCUT2D eigenvalue weighted by Gasteiger charge is -2.25. The number of aliphatic hydroxyl groups excluding tert-OH is 1. The Bertz CT molecular complexity index is 576. The van der Waals surface area contributed by atoms with E-state index in [0.717, 1.165) is 51.6 Å². The Hall–Kier alpha value is -0.930. The van der Waals surface area contributed by atoms with Crippen molar-refractivity contribution in [1.82, 2.24) is 10.2 Å². The zero-order valence-corrected chi connectivity index (χ0v) is 16.9. The van der Waals surface area contributed by atoms with Crippen LogP contribution in [0.2, 0.25) is 0 Å². The van der Waals surface area contributed by atoms with Crippen LogP contribution < -0.4 is 5.32 Å². The molecule has 2 saturated heterocycles. The molecule has 2 heterocycles. The largest absolute Gasteiger partial charge is 0.386 e.